The van der Waals surface area contributed by atoms with Crippen LogP contribution in [0.4, 0.5) is 0 Å². The van der Waals surface area contributed by atoms with Gasteiger partial charge in [0.05, 0.1) is 28.8 Å². The van der Waals surface area contributed by atoms with E-state index in [4.69, 9.17) is 4.74 Å². The minimum absolute atomic E-state index is 0.110. The average Bonchev–Trinajstić information content (AvgIpc) is 3.24. The van der Waals surface area contributed by atoms with Crippen molar-refractivity contribution in [1.82, 2.24) is 0 Å². The summed E-state index contributed by atoms with van der Waals surface area (Å²) in [6.45, 7) is 2.11. The van der Waals surface area contributed by atoms with Crippen LogP contribution in [0.2, 0.25) is 0 Å². The molecule has 3 unspecified atom stereocenters. The normalized spacial score (nSPS) is 55.2. The second-order valence-corrected chi connectivity index (χ2v) is 10.8. The molecule has 0 aromatic rings. The van der Waals surface area contributed by atoms with E-state index in [1.807, 2.05) is 6.92 Å². The number of aliphatic hydroxyl groups is 4. The lowest BCUT2D eigenvalue weighted by Gasteiger charge is -2.66. The van der Waals surface area contributed by atoms with Crippen LogP contribution in [-0.4, -0.2) is 62.7 Å². The van der Waals surface area contributed by atoms with Crippen molar-refractivity contribution < 1.29 is 34.8 Å². The van der Waals surface area contributed by atoms with Gasteiger partial charge in [-0.15, -0.1) is 0 Å². The molecule has 4 fully saturated rings. The van der Waals surface area contributed by atoms with Gasteiger partial charge in [0.15, 0.2) is 0 Å². The fourth-order valence-corrected chi connectivity index (χ4v) is 8.35. The zero-order chi connectivity index (χ0) is 21.5. The molecule has 4 aliphatic carbocycles. The van der Waals surface area contributed by atoms with Crippen LogP contribution in [0.1, 0.15) is 58.3 Å². The van der Waals surface area contributed by atoms with Crippen LogP contribution in [0.5, 0.6) is 0 Å². The van der Waals surface area contributed by atoms with Crippen molar-refractivity contribution in [2.75, 3.05) is 6.61 Å². The number of carbonyl (C=O) groups is 2. The molecule has 1 aliphatic heterocycles. The molecule has 0 spiro atoms. The summed E-state index contributed by atoms with van der Waals surface area (Å²) >= 11 is 0. The highest BCUT2D eigenvalue weighted by Crippen LogP contribution is 2.70. The van der Waals surface area contributed by atoms with E-state index in [1.54, 1.807) is 0 Å². The molecule has 5 rings (SSSR count). The van der Waals surface area contributed by atoms with Crippen molar-refractivity contribution >= 4 is 12.3 Å². The molecule has 0 saturated heterocycles. The molecule has 4 N–H and O–H groups in total. The molecule has 5 aliphatic rings. The molecule has 7 nitrogen and oxygen atoms in total. The summed E-state index contributed by atoms with van der Waals surface area (Å²) in [7, 11) is 0. The van der Waals surface area contributed by atoms with Gasteiger partial charge in [-0.3, -0.25) is 0 Å². The molecule has 0 amide bonds. The molecule has 166 valence electrons. The highest BCUT2D eigenvalue weighted by atomic mass is 16.5. The minimum atomic E-state index is -1.30. The summed E-state index contributed by atoms with van der Waals surface area (Å²) in [6, 6.07) is 0. The summed E-state index contributed by atoms with van der Waals surface area (Å²) in [6.07, 6.45) is 4.28. The third-order valence-electron chi connectivity index (χ3n) is 9.83. The number of fused-ring (bicyclic) bond motifs is 5. The molecule has 1 heterocycles. The first-order valence-electron chi connectivity index (χ1n) is 11.2. The Kier molecular flexibility index (Phi) is 4.38. The lowest BCUT2D eigenvalue weighted by Crippen LogP contribution is -2.71. The zero-order valence-electron chi connectivity index (χ0n) is 17.4. The zero-order valence-corrected chi connectivity index (χ0v) is 17.4. The van der Waals surface area contributed by atoms with E-state index in [0.717, 1.165) is 11.9 Å². The van der Waals surface area contributed by atoms with E-state index in [9.17, 15) is 30.0 Å². The van der Waals surface area contributed by atoms with Crippen LogP contribution >= 0.6 is 0 Å². The van der Waals surface area contributed by atoms with E-state index in [0.29, 0.717) is 38.5 Å². The number of esters is 1. The van der Waals surface area contributed by atoms with Crippen molar-refractivity contribution in [3.63, 3.8) is 0 Å². The third-order valence-corrected chi connectivity index (χ3v) is 9.83. The Morgan fingerprint density at radius 1 is 1.10 bits per heavy atom. The first-order valence-corrected chi connectivity index (χ1v) is 11.2. The Bertz CT molecular complexity index is 809. The number of aliphatic hydroxyl groups excluding tert-OH is 2. The predicted octanol–water partition coefficient (Wildman–Crippen LogP) is 0.869. The van der Waals surface area contributed by atoms with E-state index in [-0.39, 0.29) is 37.2 Å². The van der Waals surface area contributed by atoms with Gasteiger partial charge in [-0.2, -0.15) is 0 Å². The summed E-state index contributed by atoms with van der Waals surface area (Å²) in [5.41, 5.74) is -3.45. The number of rotatable bonds is 2. The van der Waals surface area contributed by atoms with Crippen molar-refractivity contribution in [3.8, 4) is 0 Å². The van der Waals surface area contributed by atoms with Gasteiger partial charge in [0.2, 0.25) is 0 Å². The smallest absolute Gasteiger partial charge is 0.331 e. The van der Waals surface area contributed by atoms with E-state index < -0.39 is 40.2 Å². The Morgan fingerprint density at radius 2 is 1.87 bits per heavy atom. The molecule has 4 saturated carbocycles. The van der Waals surface area contributed by atoms with Gasteiger partial charge in [0.25, 0.3) is 0 Å². The molecule has 30 heavy (non-hydrogen) atoms. The molecule has 0 radical (unpaired) electrons. The van der Waals surface area contributed by atoms with Gasteiger partial charge < -0.3 is 30.0 Å². The Morgan fingerprint density at radius 3 is 2.53 bits per heavy atom. The molecular formula is C23H32O7. The van der Waals surface area contributed by atoms with Gasteiger partial charge in [0.1, 0.15) is 12.9 Å². The monoisotopic (exact) mass is 420 g/mol. The van der Waals surface area contributed by atoms with Gasteiger partial charge >= 0.3 is 5.97 Å². The number of ether oxygens (including phenoxy) is 1. The van der Waals surface area contributed by atoms with Gasteiger partial charge in [-0.1, -0.05) is 6.92 Å². The summed E-state index contributed by atoms with van der Waals surface area (Å²) in [5, 5.41) is 45.2. The van der Waals surface area contributed by atoms with E-state index >= 15 is 0 Å². The second-order valence-electron chi connectivity index (χ2n) is 10.8. The maximum atomic E-state index is 12.6. The molecule has 0 aromatic carbocycles. The van der Waals surface area contributed by atoms with Gasteiger partial charge in [-0.25, -0.2) is 4.79 Å². The maximum absolute atomic E-state index is 12.6. The second kappa shape index (κ2) is 6.37. The number of aldehydes is 1. The van der Waals surface area contributed by atoms with Gasteiger partial charge in [0, 0.05) is 17.9 Å². The van der Waals surface area contributed by atoms with Crippen LogP contribution < -0.4 is 0 Å². The largest absolute Gasteiger partial charge is 0.458 e. The lowest BCUT2D eigenvalue weighted by molar-refractivity contribution is -0.276. The van der Waals surface area contributed by atoms with Crippen LogP contribution in [-0.2, 0) is 14.3 Å². The van der Waals surface area contributed by atoms with Crippen LogP contribution in [0.25, 0.3) is 0 Å². The quantitative estimate of drug-likeness (QED) is 0.386. The first kappa shape index (κ1) is 20.6. The van der Waals surface area contributed by atoms with Crippen molar-refractivity contribution in [2.24, 2.45) is 28.6 Å². The Balaban J connectivity index is 1.57. The number of hydrogen-bond donors (Lipinski definition) is 4. The molecule has 0 bridgehead atoms. The number of hydrogen-bond acceptors (Lipinski definition) is 7. The lowest BCUT2D eigenvalue weighted by atomic mass is 9.41. The minimum Gasteiger partial charge on any atom is -0.458 e. The molecular weight excluding hydrogens is 388 g/mol. The van der Waals surface area contributed by atoms with Crippen LogP contribution in [0.15, 0.2) is 11.6 Å². The number of cyclic esters (lactones) is 1. The highest BCUT2D eigenvalue weighted by Gasteiger charge is 2.73. The first-order chi connectivity index (χ1) is 14.1. The molecule has 7 heteroatoms. The predicted molar refractivity (Wildman–Crippen MR) is 105 cm³/mol. The molecule has 9 atom stereocenters. The van der Waals surface area contributed by atoms with Crippen molar-refractivity contribution in [2.45, 2.75) is 81.7 Å². The topological polar surface area (TPSA) is 124 Å². The SMILES string of the molecule is C[C@]12CC[C@H](O)C[C@@]1(O)CC[C@@H]1C2C(O)C[C@]2(C=O)C(C3=CC(=O)OC3)CC[C@]12O. The van der Waals surface area contributed by atoms with Crippen molar-refractivity contribution in [3.05, 3.63) is 11.6 Å². The van der Waals surface area contributed by atoms with E-state index in [1.165, 1.54) is 6.08 Å². The number of carbonyl (C=O) groups excluding carboxylic acids is 2. The maximum Gasteiger partial charge on any atom is 0.331 e. The standard InChI is InChI=1S/C23H32O7/c1-20-5-2-14(25)9-22(20,28)6-3-16-19(20)17(26)10-21(12-24)15(4-7-23(16,21)29)13-8-18(27)30-11-13/h8,12,14-17,19,25-26,28-29H,2-7,9-11H2,1H3/t14-,15?,16+,17?,19?,20+,21-,22-,23-/m0/s1. The highest BCUT2D eigenvalue weighted by molar-refractivity contribution is 5.85. The average molecular weight is 421 g/mol. The summed E-state index contributed by atoms with van der Waals surface area (Å²) < 4.78 is 5.08. The molecule has 0 aromatic heterocycles. The Hall–Kier alpha value is -1.28. The van der Waals surface area contributed by atoms with Crippen LogP contribution in [0.3, 0.4) is 0 Å². The fourth-order valence-electron chi connectivity index (χ4n) is 8.35. The van der Waals surface area contributed by atoms with Crippen LogP contribution in [0, 0.1) is 28.6 Å². The van der Waals surface area contributed by atoms with E-state index in [2.05, 4.69) is 0 Å². The van der Waals surface area contributed by atoms with Crippen molar-refractivity contribution in [1.29, 1.82) is 0 Å². The summed E-state index contributed by atoms with van der Waals surface area (Å²) in [5.74, 6) is -1.43. The third kappa shape index (κ3) is 2.35. The Labute approximate surface area is 176 Å². The summed E-state index contributed by atoms with van der Waals surface area (Å²) in [4.78, 5) is 24.2. The fraction of sp³-hybridized carbons (Fsp3) is 0.826. The van der Waals surface area contributed by atoms with Gasteiger partial charge in [-0.05, 0) is 68.3 Å².